The largest absolute Gasteiger partial charge is 0.508 e. The van der Waals surface area contributed by atoms with E-state index in [2.05, 4.69) is 38.1 Å². The van der Waals surface area contributed by atoms with Gasteiger partial charge in [-0.25, -0.2) is 0 Å². The molecule has 3 heteroatoms. The molecule has 0 spiro atoms. The molecule has 0 saturated carbocycles. The topological polar surface area (TPSA) is 23.5 Å². The third-order valence-electron chi connectivity index (χ3n) is 3.64. The number of rotatable bonds is 3. The molecular formula is C16H24ClNO. The second-order valence-corrected chi connectivity index (χ2v) is 5.69. The fraction of sp³-hybridized carbons (Fsp3) is 0.500. The normalized spacial score (nSPS) is 22.8. The lowest BCUT2D eigenvalue weighted by molar-refractivity contribution is 0.336. The van der Waals surface area contributed by atoms with Crippen LogP contribution in [-0.4, -0.2) is 30.6 Å². The standard InChI is InChI=1S/C16H23NO.ClH/c1-12-7-8-14(11-17(2)3)16(9-12)13-5-4-6-15(18)10-13;/h4-6,9-10,12,14,18H,7-8,11H2,1-3H3;1H/t12-,14-;/m0./s1. The monoisotopic (exact) mass is 281 g/mol. The highest BCUT2D eigenvalue weighted by molar-refractivity contribution is 5.85. The molecule has 19 heavy (non-hydrogen) atoms. The molecule has 106 valence electrons. The van der Waals surface area contributed by atoms with Crippen LogP contribution in [0.2, 0.25) is 0 Å². The van der Waals surface area contributed by atoms with Gasteiger partial charge in [-0.15, -0.1) is 12.4 Å². The summed E-state index contributed by atoms with van der Waals surface area (Å²) in [5.74, 6) is 1.58. The van der Waals surface area contributed by atoms with Crippen LogP contribution >= 0.6 is 12.4 Å². The van der Waals surface area contributed by atoms with E-state index in [-0.39, 0.29) is 12.4 Å². The van der Waals surface area contributed by atoms with Crippen molar-refractivity contribution in [3.05, 3.63) is 35.9 Å². The van der Waals surface area contributed by atoms with E-state index in [4.69, 9.17) is 0 Å². The van der Waals surface area contributed by atoms with Crippen molar-refractivity contribution in [2.75, 3.05) is 20.6 Å². The summed E-state index contributed by atoms with van der Waals surface area (Å²) in [6.45, 7) is 3.35. The Balaban J connectivity index is 0.00000180. The van der Waals surface area contributed by atoms with Crippen LogP contribution < -0.4 is 0 Å². The van der Waals surface area contributed by atoms with Gasteiger partial charge in [-0.3, -0.25) is 0 Å². The van der Waals surface area contributed by atoms with Gasteiger partial charge in [-0.1, -0.05) is 25.1 Å². The van der Waals surface area contributed by atoms with Crippen LogP contribution in [0.3, 0.4) is 0 Å². The summed E-state index contributed by atoms with van der Waals surface area (Å²) in [7, 11) is 4.25. The lowest BCUT2D eigenvalue weighted by Gasteiger charge is -2.30. The second-order valence-electron chi connectivity index (χ2n) is 5.69. The Labute approximate surface area is 122 Å². The van der Waals surface area contributed by atoms with Crippen molar-refractivity contribution >= 4 is 18.0 Å². The summed E-state index contributed by atoms with van der Waals surface area (Å²) in [5, 5.41) is 9.64. The third-order valence-corrected chi connectivity index (χ3v) is 3.64. The van der Waals surface area contributed by atoms with Crippen molar-refractivity contribution in [2.24, 2.45) is 11.8 Å². The molecule has 0 unspecified atom stereocenters. The lowest BCUT2D eigenvalue weighted by atomic mass is 9.79. The molecule has 0 aromatic heterocycles. The Morgan fingerprint density at radius 2 is 2.00 bits per heavy atom. The molecule has 2 atom stereocenters. The summed E-state index contributed by atoms with van der Waals surface area (Å²) in [4.78, 5) is 2.25. The molecular weight excluding hydrogens is 258 g/mol. The van der Waals surface area contributed by atoms with E-state index in [1.807, 2.05) is 12.1 Å². The number of benzene rings is 1. The maximum Gasteiger partial charge on any atom is 0.116 e. The van der Waals surface area contributed by atoms with Gasteiger partial charge in [0.05, 0.1) is 0 Å². The van der Waals surface area contributed by atoms with Crippen LogP contribution in [-0.2, 0) is 0 Å². The Bertz CT molecular complexity index is 442. The summed E-state index contributed by atoms with van der Waals surface area (Å²) < 4.78 is 0. The first-order valence-electron chi connectivity index (χ1n) is 6.72. The number of aromatic hydroxyl groups is 1. The average Bonchev–Trinajstić information content (AvgIpc) is 2.31. The van der Waals surface area contributed by atoms with Gasteiger partial charge in [-0.05, 0) is 62.0 Å². The van der Waals surface area contributed by atoms with Crippen molar-refractivity contribution in [3.8, 4) is 5.75 Å². The average molecular weight is 282 g/mol. The fourth-order valence-electron chi connectivity index (χ4n) is 2.79. The van der Waals surface area contributed by atoms with Gasteiger partial charge in [0.15, 0.2) is 0 Å². The molecule has 0 heterocycles. The first-order chi connectivity index (χ1) is 8.56. The lowest BCUT2D eigenvalue weighted by Crippen LogP contribution is -2.25. The van der Waals surface area contributed by atoms with Crippen LogP contribution in [0.1, 0.15) is 25.3 Å². The Hall–Kier alpha value is -0.990. The first kappa shape index (κ1) is 16.1. The van der Waals surface area contributed by atoms with Crippen LogP contribution in [0.15, 0.2) is 30.3 Å². The molecule has 0 bridgehead atoms. The number of hydrogen-bond donors (Lipinski definition) is 1. The Kier molecular flexibility index (Phi) is 5.89. The zero-order valence-corrected chi connectivity index (χ0v) is 12.8. The van der Waals surface area contributed by atoms with E-state index in [0.717, 1.165) is 6.54 Å². The van der Waals surface area contributed by atoms with Gasteiger partial charge in [0.1, 0.15) is 5.75 Å². The number of hydrogen-bond acceptors (Lipinski definition) is 2. The van der Waals surface area contributed by atoms with Crippen molar-refractivity contribution in [3.63, 3.8) is 0 Å². The highest BCUT2D eigenvalue weighted by Gasteiger charge is 2.22. The van der Waals surface area contributed by atoms with Crippen LogP contribution in [0.4, 0.5) is 0 Å². The smallest absolute Gasteiger partial charge is 0.116 e. The van der Waals surface area contributed by atoms with Gasteiger partial charge in [0, 0.05) is 6.54 Å². The molecule has 0 saturated heterocycles. The van der Waals surface area contributed by atoms with E-state index in [1.165, 1.54) is 24.0 Å². The summed E-state index contributed by atoms with van der Waals surface area (Å²) in [6, 6.07) is 7.65. The van der Waals surface area contributed by atoms with Crippen LogP contribution in [0, 0.1) is 11.8 Å². The molecule has 0 amide bonds. The van der Waals surface area contributed by atoms with E-state index in [9.17, 15) is 5.11 Å². The number of phenols is 1. The maximum atomic E-state index is 9.64. The van der Waals surface area contributed by atoms with Crippen molar-refractivity contribution in [2.45, 2.75) is 19.8 Å². The van der Waals surface area contributed by atoms with E-state index in [1.54, 1.807) is 6.07 Å². The highest BCUT2D eigenvalue weighted by atomic mass is 35.5. The molecule has 1 aromatic rings. The van der Waals surface area contributed by atoms with Gasteiger partial charge in [0.25, 0.3) is 0 Å². The minimum Gasteiger partial charge on any atom is -0.508 e. The minimum atomic E-state index is 0. The zero-order chi connectivity index (χ0) is 13.1. The fourth-order valence-corrected chi connectivity index (χ4v) is 2.79. The van der Waals surface area contributed by atoms with Gasteiger partial charge in [0.2, 0.25) is 0 Å². The van der Waals surface area contributed by atoms with Crippen molar-refractivity contribution in [1.29, 1.82) is 0 Å². The first-order valence-corrected chi connectivity index (χ1v) is 6.72. The maximum absolute atomic E-state index is 9.64. The van der Waals surface area contributed by atoms with Gasteiger partial charge < -0.3 is 10.0 Å². The van der Waals surface area contributed by atoms with E-state index in [0.29, 0.717) is 17.6 Å². The van der Waals surface area contributed by atoms with Crippen molar-refractivity contribution < 1.29 is 5.11 Å². The van der Waals surface area contributed by atoms with E-state index < -0.39 is 0 Å². The quantitative estimate of drug-likeness (QED) is 0.911. The molecule has 1 aliphatic rings. The summed E-state index contributed by atoms with van der Waals surface area (Å²) in [6.07, 6.45) is 4.88. The van der Waals surface area contributed by atoms with Gasteiger partial charge >= 0.3 is 0 Å². The molecule has 2 rings (SSSR count). The van der Waals surface area contributed by atoms with Crippen molar-refractivity contribution in [1.82, 2.24) is 4.90 Å². The predicted molar refractivity (Wildman–Crippen MR) is 83.8 cm³/mol. The third kappa shape index (κ3) is 4.26. The number of nitrogens with zero attached hydrogens (tertiary/aromatic N) is 1. The Morgan fingerprint density at radius 1 is 1.26 bits per heavy atom. The molecule has 1 aromatic carbocycles. The number of halogens is 1. The number of allylic oxidation sites excluding steroid dienone is 1. The van der Waals surface area contributed by atoms with Crippen LogP contribution in [0.5, 0.6) is 5.75 Å². The molecule has 1 N–H and O–H groups in total. The predicted octanol–water partition coefficient (Wildman–Crippen LogP) is 3.81. The number of phenolic OH excluding ortho intramolecular Hbond substituents is 1. The van der Waals surface area contributed by atoms with Gasteiger partial charge in [-0.2, -0.15) is 0 Å². The zero-order valence-electron chi connectivity index (χ0n) is 12.0. The van der Waals surface area contributed by atoms with E-state index >= 15 is 0 Å². The molecule has 2 nitrogen and oxygen atoms in total. The molecule has 0 radical (unpaired) electrons. The second kappa shape index (κ2) is 6.97. The SMILES string of the molecule is C[C@@H]1C=C(c2cccc(O)c2)[C@H](CN(C)C)CC1.Cl. The molecule has 0 fully saturated rings. The summed E-state index contributed by atoms with van der Waals surface area (Å²) in [5.41, 5.74) is 2.58. The Morgan fingerprint density at radius 3 is 2.63 bits per heavy atom. The summed E-state index contributed by atoms with van der Waals surface area (Å²) >= 11 is 0. The van der Waals surface area contributed by atoms with Crippen LogP contribution in [0.25, 0.3) is 5.57 Å². The highest BCUT2D eigenvalue weighted by Crippen LogP contribution is 2.36. The molecule has 1 aliphatic carbocycles. The molecule has 0 aliphatic heterocycles. The minimum absolute atomic E-state index is 0.